The second-order valence-electron chi connectivity index (χ2n) is 2.94. The predicted octanol–water partition coefficient (Wildman–Crippen LogP) is -2.11. The minimum Gasteiger partial charge on any atom is -0.394 e. The zero-order valence-corrected chi connectivity index (χ0v) is 7.96. The molecule has 0 aliphatic carbocycles. The van der Waals surface area contributed by atoms with Gasteiger partial charge in [-0.1, -0.05) is 0 Å². The largest absolute Gasteiger partial charge is 0.394 e. The number of isothiocyanates is 1. The monoisotopic (exact) mass is 221 g/mol. The summed E-state index contributed by atoms with van der Waals surface area (Å²) in [5.41, 5.74) is 0. The highest BCUT2D eigenvalue weighted by atomic mass is 32.1. The number of hydrogen-bond acceptors (Lipinski definition) is 7. The molecule has 80 valence electrons. The van der Waals surface area contributed by atoms with E-state index in [0.29, 0.717) is 0 Å². The van der Waals surface area contributed by atoms with Gasteiger partial charge in [0.2, 0.25) is 0 Å². The summed E-state index contributed by atoms with van der Waals surface area (Å²) in [4.78, 5) is 3.46. The van der Waals surface area contributed by atoms with Crippen molar-refractivity contribution in [2.24, 2.45) is 4.99 Å². The average molecular weight is 221 g/mol. The van der Waals surface area contributed by atoms with Crippen LogP contribution in [-0.4, -0.2) is 62.8 Å². The molecule has 0 unspecified atom stereocenters. The molecule has 6 nitrogen and oxygen atoms in total. The van der Waals surface area contributed by atoms with Gasteiger partial charge in [0.25, 0.3) is 0 Å². The molecule has 0 aromatic heterocycles. The molecule has 1 fully saturated rings. The first-order chi connectivity index (χ1) is 6.61. The number of ether oxygens (including phenoxy) is 1. The first-order valence-corrected chi connectivity index (χ1v) is 4.40. The molecule has 0 amide bonds. The highest BCUT2D eigenvalue weighted by Gasteiger charge is 2.43. The van der Waals surface area contributed by atoms with Crippen molar-refractivity contribution in [3.8, 4) is 0 Å². The van der Waals surface area contributed by atoms with Crippen LogP contribution < -0.4 is 0 Å². The molecule has 0 radical (unpaired) electrons. The van der Waals surface area contributed by atoms with Crippen molar-refractivity contribution >= 4 is 17.4 Å². The van der Waals surface area contributed by atoms with Gasteiger partial charge in [-0.25, -0.2) is 0 Å². The summed E-state index contributed by atoms with van der Waals surface area (Å²) in [6.07, 6.45) is -6.21. The van der Waals surface area contributed by atoms with Gasteiger partial charge in [0, 0.05) is 0 Å². The fraction of sp³-hybridized carbons (Fsp3) is 0.857. The topological polar surface area (TPSA) is 103 Å². The highest BCUT2D eigenvalue weighted by Crippen LogP contribution is 2.21. The van der Waals surface area contributed by atoms with Gasteiger partial charge in [-0.3, -0.25) is 0 Å². The van der Waals surface area contributed by atoms with Crippen molar-refractivity contribution in [1.29, 1.82) is 0 Å². The van der Waals surface area contributed by atoms with E-state index >= 15 is 0 Å². The lowest BCUT2D eigenvalue weighted by molar-refractivity contribution is -0.226. The van der Waals surface area contributed by atoms with Gasteiger partial charge < -0.3 is 25.2 Å². The SMILES string of the molecule is OC[C@H]1O[C@H](N=C=S)[C@H](O)[C@@H](O)[C@@H]1O. The molecule has 14 heavy (non-hydrogen) atoms. The van der Waals surface area contributed by atoms with E-state index < -0.39 is 37.3 Å². The van der Waals surface area contributed by atoms with E-state index in [-0.39, 0.29) is 0 Å². The van der Waals surface area contributed by atoms with Crippen LogP contribution in [0.25, 0.3) is 0 Å². The number of aliphatic imine (C=N–C) groups is 1. The number of hydrogen-bond donors (Lipinski definition) is 4. The summed E-state index contributed by atoms with van der Waals surface area (Å²) in [6, 6.07) is 0. The quantitative estimate of drug-likeness (QED) is 0.314. The van der Waals surface area contributed by atoms with Gasteiger partial charge in [0.05, 0.1) is 11.8 Å². The summed E-state index contributed by atoms with van der Waals surface area (Å²) in [7, 11) is 0. The van der Waals surface area contributed by atoms with E-state index in [0.717, 1.165) is 0 Å². The Balaban J connectivity index is 2.77. The van der Waals surface area contributed by atoms with Crippen LogP contribution in [0.15, 0.2) is 4.99 Å². The highest BCUT2D eigenvalue weighted by molar-refractivity contribution is 7.78. The Bertz CT molecular complexity index is 242. The molecule has 1 saturated heterocycles. The Labute approximate surface area is 85.5 Å². The van der Waals surface area contributed by atoms with Crippen LogP contribution in [0, 0.1) is 0 Å². The number of aliphatic hydroxyl groups is 4. The smallest absolute Gasteiger partial charge is 0.186 e. The Morgan fingerprint density at radius 2 is 1.86 bits per heavy atom. The van der Waals surface area contributed by atoms with Crippen molar-refractivity contribution < 1.29 is 25.2 Å². The van der Waals surface area contributed by atoms with Crippen molar-refractivity contribution in [2.45, 2.75) is 30.6 Å². The second-order valence-corrected chi connectivity index (χ2v) is 3.12. The molecular weight excluding hydrogens is 210 g/mol. The van der Waals surface area contributed by atoms with E-state index in [1.54, 1.807) is 0 Å². The molecule has 0 aromatic carbocycles. The van der Waals surface area contributed by atoms with Crippen molar-refractivity contribution in [3.05, 3.63) is 0 Å². The van der Waals surface area contributed by atoms with Crippen molar-refractivity contribution in [3.63, 3.8) is 0 Å². The Kier molecular flexibility index (Phi) is 4.09. The first-order valence-electron chi connectivity index (χ1n) is 3.99. The molecule has 1 heterocycles. The zero-order chi connectivity index (χ0) is 10.7. The van der Waals surface area contributed by atoms with Crippen LogP contribution >= 0.6 is 12.2 Å². The van der Waals surface area contributed by atoms with Gasteiger partial charge in [-0.15, -0.1) is 0 Å². The van der Waals surface area contributed by atoms with Crippen molar-refractivity contribution in [1.82, 2.24) is 0 Å². The molecule has 1 rings (SSSR count). The van der Waals surface area contributed by atoms with Gasteiger partial charge in [-0.2, -0.15) is 4.99 Å². The van der Waals surface area contributed by atoms with Crippen LogP contribution in [0.3, 0.4) is 0 Å². The molecule has 5 atom stereocenters. The van der Waals surface area contributed by atoms with Crippen LogP contribution in [0.5, 0.6) is 0 Å². The zero-order valence-electron chi connectivity index (χ0n) is 7.15. The molecule has 0 saturated carbocycles. The van der Waals surface area contributed by atoms with Gasteiger partial charge in [0.1, 0.15) is 24.4 Å². The van der Waals surface area contributed by atoms with Crippen LogP contribution in [0.2, 0.25) is 0 Å². The molecule has 0 bridgehead atoms. The normalized spacial score (nSPS) is 43.0. The average Bonchev–Trinajstić information content (AvgIpc) is 2.19. The maximum absolute atomic E-state index is 9.36. The van der Waals surface area contributed by atoms with Gasteiger partial charge in [0.15, 0.2) is 6.23 Å². The third kappa shape index (κ3) is 2.15. The number of nitrogens with zero attached hydrogens (tertiary/aromatic N) is 1. The van der Waals surface area contributed by atoms with Crippen LogP contribution in [0.4, 0.5) is 0 Å². The Morgan fingerprint density at radius 1 is 1.21 bits per heavy atom. The lowest BCUT2D eigenvalue weighted by Crippen LogP contribution is -2.57. The van der Waals surface area contributed by atoms with Gasteiger partial charge in [-0.05, 0) is 12.2 Å². The number of aliphatic hydroxyl groups excluding tert-OH is 4. The second kappa shape index (κ2) is 4.90. The number of rotatable bonds is 2. The maximum Gasteiger partial charge on any atom is 0.186 e. The molecule has 1 aliphatic heterocycles. The fourth-order valence-corrected chi connectivity index (χ4v) is 1.34. The lowest BCUT2D eigenvalue weighted by Gasteiger charge is -2.37. The van der Waals surface area contributed by atoms with Crippen molar-refractivity contribution in [2.75, 3.05) is 6.61 Å². The van der Waals surface area contributed by atoms with Crippen LogP contribution in [-0.2, 0) is 4.74 Å². The standard InChI is InChI=1S/C7H11NO5S/c9-1-3-4(10)5(11)6(12)7(13-3)8-2-14/h3-7,9-12H,1H2/t3-,4-,5+,6-,7+/m1/s1. The minimum absolute atomic E-state index is 0.478. The molecule has 0 spiro atoms. The van der Waals surface area contributed by atoms with E-state index in [1.165, 1.54) is 0 Å². The Hall–Kier alpha value is -0.400. The molecule has 1 aliphatic rings. The fourth-order valence-electron chi connectivity index (χ4n) is 1.24. The molecule has 0 aromatic rings. The van der Waals surface area contributed by atoms with E-state index in [4.69, 9.17) is 9.84 Å². The van der Waals surface area contributed by atoms with E-state index in [1.807, 2.05) is 5.16 Å². The van der Waals surface area contributed by atoms with E-state index in [9.17, 15) is 15.3 Å². The summed E-state index contributed by atoms with van der Waals surface area (Å²) in [6.45, 7) is -0.478. The molecule has 4 N–H and O–H groups in total. The van der Waals surface area contributed by atoms with Gasteiger partial charge >= 0.3 is 0 Å². The maximum atomic E-state index is 9.36. The number of thiocarbonyl (C=S) groups is 1. The Morgan fingerprint density at radius 3 is 2.36 bits per heavy atom. The summed E-state index contributed by atoms with van der Waals surface area (Å²) >= 11 is 4.31. The first kappa shape index (κ1) is 11.7. The van der Waals surface area contributed by atoms with E-state index in [2.05, 4.69) is 17.2 Å². The third-order valence-electron chi connectivity index (χ3n) is 2.05. The summed E-state index contributed by atoms with van der Waals surface area (Å²) < 4.78 is 4.97. The molecular formula is C7H11NO5S. The molecule has 7 heteroatoms. The van der Waals surface area contributed by atoms with Crippen LogP contribution in [0.1, 0.15) is 0 Å². The predicted molar refractivity (Wildman–Crippen MR) is 48.8 cm³/mol. The minimum atomic E-state index is -1.42. The lowest BCUT2D eigenvalue weighted by atomic mass is 9.99. The third-order valence-corrected chi connectivity index (χ3v) is 2.15. The summed E-state index contributed by atoms with van der Waals surface area (Å²) in [5, 5.41) is 38.8. The summed E-state index contributed by atoms with van der Waals surface area (Å²) in [5.74, 6) is 0.